The standard InChI is InChI=1S/C21H29N3O2/c1-20(2)15-7-8-21(20,3)17(11-15)23-19(26)14-10-18(25)24(12-14)13-16-6-4-5-9-22-16/h4-6,9,14-15,17H,7-8,10-13H2,1-3H3,(H,23,26)/t14-,15-,17+,21-/m0/s1. The molecule has 2 aliphatic carbocycles. The number of pyridine rings is 1. The van der Waals surface area contributed by atoms with E-state index in [2.05, 4.69) is 31.1 Å². The van der Waals surface area contributed by atoms with Crippen LogP contribution >= 0.6 is 0 Å². The second-order valence-electron chi connectivity index (χ2n) is 9.17. The van der Waals surface area contributed by atoms with Gasteiger partial charge in [-0.3, -0.25) is 14.6 Å². The van der Waals surface area contributed by atoms with Crippen molar-refractivity contribution in [3.63, 3.8) is 0 Å². The highest BCUT2D eigenvalue weighted by atomic mass is 16.2. The Morgan fingerprint density at radius 1 is 1.35 bits per heavy atom. The SMILES string of the molecule is CC1(C)[C@H]2CC[C@@]1(C)[C@H](NC(=O)[C@H]1CC(=O)N(Cc3ccccn3)C1)C2. The first-order valence-electron chi connectivity index (χ1n) is 9.79. The van der Waals surface area contributed by atoms with Crippen LogP contribution in [0.5, 0.6) is 0 Å². The number of hydrogen-bond donors (Lipinski definition) is 1. The average Bonchev–Trinajstić information content (AvgIpc) is 3.14. The zero-order valence-electron chi connectivity index (χ0n) is 16.0. The number of nitrogens with zero attached hydrogens (tertiary/aromatic N) is 2. The van der Waals surface area contributed by atoms with Gasteiger partial charge in [-0.05, 0) is 48.1 Å². The summed E-state index contributed by atoms with van der Waals surface area (Å²) >= 11 is 0. The van der Waals surface area contributed by atoms with Crippen LogP contribution < -0.4 is 5.32 Å². The van der Waals surface area contributed by atoms with Crippen LogP contribution in [0.25, 0.3) is 0 Å². The molecule has 1 N–H and O–H groups in total. The highest BCUT2D eigenvalue weighted by Crippen LogP contribution is 2.65. The fraction of sp³-hybridized carbons (Fsp3) is 0.667. The van der Waals surface area contributed by atoms with Gasteiger partial charge in [0.15, 0.2) is 0 Å². The third kappa shape index (κ3) is 2.63. The van der Waals surface area contributed by atoms with Crippen molar-refractivity contribution in [2.24, 2.45) is 22.7 Å². The minimum atomic E-state index is -0.239. The number of amides is 2. The number of carbonyl (C=O) groups excluding carboxylic acids is 2. The number of nitrogens with one attached hydrogen (secondary N) is 1. The average molecular weight is 355 g/mol. The van der Waals surface area contributed by atoms with Crippen LogP contribution in [0.4, 0.5) is 0 Å². The lowest BCUT2D eigenvalue weighted by atomic mass is 9.69. The molecule has 5 nitrogen and oxygen atoms in total. The topological polar surface area (TPSA) is 62.3 Å². The van der Waals surface area contributed by atoms with Gasteiger partial charge in [-0.15, -0.1) is 0 Å². The summed E-state index contributed by atoms with van der Waals surface area (Å²) in [5.41, 5.74) is 1.31. The largest absolute Gasteiger partial charge is 0.352 e. The number of likely N-dealkylation sites (tertiary alicyclic amines) is 1. The second kappa shape index (κ2) is 6.07. The normalized spacial score (nSPS) is 35.1. The van der Waals surface area contributed by atoms with Crippen LogP contribution in [0, 0.1) is 22.7 Å². The van der Waals surface area contributed by atoms with Crippen molar-refractivity contribution in [1.82, 2.24) is 15.2 Å². The van der Waals surface area contributed by atoms with Gasteiger partial charge in [0, 0.05) is 25.2 Å². The Labute approximate surface area is 155 Å². The van der Waals surface area contributed by atoms with E-state index >= 15 is 0 Å². The summed E-state index contributed by atoms with van der Waals surface area (Å²) in [5.74, 6) is 0.562. The minimum absolute atomic E-state index is 0.0512. The zero-order chi connectivity index (χ0) is 18.5. The first-order chi connectivity index (χ1) is 12.3. The van der Waals surface area contributed by atoms with Crippen molar-refractivity contribution in [3.05, 3.63) is 30.1 Å². The van der Waals surface area contributed by atoms with E-state index < -0.39 is 0 Å². The fourth-order valence-corrected chi connectivity index (χ4v) is 5.50. The second-order valence-corrected chi connectivity index (χ2v) is 9.17. The summed E-state index contributed by atoms with van der Waals surface area (Å²) in [5, 5.41) is 3.32. The molecule has 2 amide bonds. The van der Waals surface area contributed by atoms with E-state index in [0.717, 1.165) is 12.1 Å². The molecule has 0 spiro atoms. The van der Waals surface area contributed by atoms with E-state index in [-0.39, 0.29) is 34.6 Å². The Bertz CT molecular complexity index is 717. The molecule has 4 rings (SSSR count). The van der Waals surface area contributed by atoms with Gasteiger partial charge >= 0.3 is 0 Å². The van der Waals surface area contributed by atoms with E-state index in [1.165, 1.54) is 12.8 Å². The van der Waals surface area contributed by atoms with Crippen LogP contribution in [0.15, 0.2) is 24.4 Å². The van der Waals surface area contributed by atoms with Crippen LogP contribution in [0.2, 0.25) is 0 Å². The van der Waals surface area contributed by atoms with Crippen molar-refractivity contribution in [2.45, 2.75) is 59.0 Å². The van der Waals surface area contributed by atoms with Crippen LogP contribution in [0.3, 0.4) is 0 Å². The number of hydrogen-bond acceptors (Lipinski definition) is 3. The molecule has 0 unspecified atom stereocenters. The Hall–Kier alpha value is -1.91. The summed E-state index contributed by atoms with van der Waals surface area (Å²) in [4.78, 5) is 31.3. The first-order valence-corrected chi connectivity index (χ1v) is 9.79. The van der Waals surface area contributed by atoms with Crippen LogP contribution in [-0.4, -0.2) is 34.3 Å². The summed E-state index contributed by atoms with van der Waals surface area (Å²) in [6.07, 6.45) is 5.58. The molecule has 2 saturated carbocycles. The number of carbonyl (C=O) groups is 2. The van der Waals surface area contributed by atoms with Crippen LogP contribution in [0.1, 0.15) is 52.1 Å². The smallest absolute Gasteiger partial charge is 0.225 e. The molecule has 4 atom stereocenters. The summed E-state index contributed by atoms with van der Waals surface area (Å²) in [6, 6.07) is 5.94. The number of fused-ring (bicyclic) bond motifs is 2. The molecule has 140 valence electrons. The van der Waals surface area contributed by atoms with E-state index in [4.69, 9.17) is 0 Å². The third-order valence-electron chi connectivity index (χ3n) is 7.77. The summed E-state index contributed by atoms with van der Waals surface area (Å²) in [7, 11) is 0. The Kier molecular flexibility index (Phi) is 4.08. The monoisotopic (exact) mass is 355 g/mol. The van der Waals surface area contributed by atoms with Crippen molar-refractivity contribution in [3.8, 4) is 0 Å². The van der Waals surface area contributed by atoms with Crippen molar-refractivity contribution in [1.29, 1.82) is 0 Å². The van der Waals surface area contributed by atoms with Gasteiger partial charge in [0.25, 0.3) is 0 Å². The molecule has 1 aliphatic heterocycles. The maximum Gasteiger partial charge on any atom is 0.225 e. The molecule has 3 aliphatic rings. The van der Waals surface area contributed by atoms with Gasteiger partial charge in [-0.1, -0.05) is 26.8 Å². The number of aromatic nitrogens is 1. The molecule has 3 fully saturated rings. The molecular weight excluding hydrogens is 326 g/mol. The lowest BCUT2D eigenvalue weighted by Crippen LogP contribution is -2.48. The Morgan fingerprint density at radius 2 is 2.15 bits per heavy atom. The van der Waals surface area contributed by atoms with Gasteiger partial charge in [0.2, 0.25) is 11.8 Å². The lowest BCUT2D eigenvalue weighted by Gasteiger charge is -2.39. The van der Waals surface area contributed by atoms with Gasteiger partial charge < -0.3 is 10.2 Å². The van der Waals surface area contributed by atoms with Gasteiger partial charge in [-0.2, -0.15) is 0 Å². The number of rotatable bonds is 4. The highest BCUT2D eigenvalue weighted by Gasteiger charge is 2.61. The van der Waals surface area contributed by atoms with Gasteiger partial charge in [0.1, 0.15) is 0 Å². The molecule has 0 radical (unpaired) electrons. The molecule has 26 heavy (non-hydrogen) atoms. The molecule has 1 aromatic rings. The molecule has 2 heterocycles. The molecule has 5 heteroatoms. The van der Waals surface area contributed by atoms with E-state index in [9.17, 15) is 9.59 Å². The maximum absolute atomic E-state index is 12.9. The first kappa shape index (κ1) is 17.5. The minimum Gasteiger partial charge on any atom is -0.352 e. The summed E-state index contributed by atoms with van der Waals surface area (Å²) in [6.45, 7) is 8.02. The fourth-order valence-electron chi connectivity index (χ4n) is 5.50. The predicted molar refractivity (Wildman–Crippen MR) is 98.9 cm³/mol. The van der Waals surface area contributed by atoms with Crippen molar-refractivity contribution < 1.29 is 9.59 Å². The summed E-state index contributed by atoms with van der Waals surface area (Å²) < 4.78 is 0. The van der Waals surface area contributed by atoms with E-state index in [1.54, 1.807) is 11.1 Å². The quantitative estimate of drug-likeness (QED) is 0.903. The highest BCUT2D eigenvalue weighted by molar-refractivity contribution is 5.89. The molecule has 1 aromatic heterocycles. The molecule has 0 aromatic carbocycles. The zero-order valence-corrected chi connectivity index (χ0v) is 16.0. The Balaban J connectivity index is 1.38. The van der Waals surface area contributed by atoms with Gasteiger partial charge in [0.05, 0.1) is 18.2 Å². The van der Waals surface area contributed by atoms with Gasteiger partial charge in [-0.25, -0.2) is 0 Å². The van der Waals surface area contributed by atoms with Crippen molar-refractivity contribution >= 4 is 11.8 Å². The third-order valence-corrected chi connectivity index (χ3v) is 7.77. The molecular formula is C21H29N3O2. The van der Waals surface area contributed by atoms with Crippen LogP contribution in [-0.2, 0) is 16.1 Å². The lowest BCUT2D eigenvalue weighted by molar-refractivity contribution is -0.129. The van der Waals surface area contributed by atoms with E-state index in [0.29, 0.717) is 25.4 Å². The maximum atomic E-state index is 12.9. The predicted octanol–water partition coefficient (Wildman–Crippen LogP) is 2.76. The van der Waals surface area contributed by atoms with E-state index in [1.807, 2.05) is 18.2 Å². The molecule has 2 bridgehead atoms. The molecule has 1 saturated heterocycles. The van der Waals surface area contributed by atoms with Crippen molar-refractivity contribution in [2.75, 3.05) is 6.54 Å². The Morgan fingerprint density at radius 3 is 2.77 bits per heavy atom.